The van der Waals surface area contributed by atoms with Crippen molar-refractivity contribution in [1.29, 1.82) is 0 Å². The first kappa shape index (κ1) is 20.2. The van der Waals surface area contributed by atoms with Crippen molar-refractivity contribution >= 4 is 34.5 Å². The number of nitrogens with one attached hydrogen (secondary N) is 1. The Kier molecular flexibility index (Phi) is 6.16. The fraction of sp³-hybridized carbons (Fsp3) is 0.130. The SMILES string of the molecule is Cc1ccccc1Cn1cc(NC(=O)c2cc(COc3ccccc3Cl)cs2)cn1. The highest BCUT2D eigenvalue weighted by Crippen LogP contribution is 2.25. The molecule has 0 spiro atoms. The molecule has 0 bridgehead atoms. The molecule has 2 aromatic heterocycles. The van der Waals surface area contributed by atoms with Crippen molar-refractivity contribution in [2.75, 3.05) is 5.32 Å². The van der Waals surface area contributed by atoms with Gasteiger partial charge in [0.1, 0.15) is 12.4 Å². The average molecular weight is 438 g/mol. The number of benzene rings is 2. The number of halogens is 1. The number of rotatable bonds is 7. The normalized spacial score (nSPS) is 10.7. The van der Waals surface area contributed by atoms with Crippen LogP contribution in [0.1, 0.15) is 26.4 Å². The third-order valence-electron chi connectivity index (χ3n) is 4.59. The zero-order chi connectivity index (χ0) is 20.9. The summed E-state index contributed by atoms with van der Waals surface area (Å²) < 4.78 is 7.55. The summed E-state index contributed by atoms with van der Waals surface area (Å²) in [5.74, 6) is 0.455. The number of nitrogens with zero attached hydrogens (tertiary/aromatic N) is 2. The fourth-order valence-corrected chi connectivity index (χ4v) is 3.94. The Morgan fingerprint density at radius 1 is 1.20 bits per heavy atom. The molecule has 2 aromatic carbocycles. The third-order valence-corrected chi connectivity index (χ3v) is 5.88. The van der Waals surface area contributed by atoms with E-state index in [1.54, 1.807) is 12.3 Å². The van der Waals surface area contributed by atoms with Crippen LogP contribution in [-0.2, 0) is 13.2 Å². The van der Waals surface area contributed by atoms with E-state index in [9.17, 15) is 4.79 Å². The van der Waals surface area contributed by atoms with E-state index < -0.39 is 0 Å². The average Bonchev–Trinajstić information content (AvgIpc) is 3.39. The number of thiophene rings is 1. The molecular weight excluding hydrogens is 418 g/mol. The van der Waals surface area contributed by atoms with Crippen LogP contribution in [0.5, 0.6) is 5.75 Å². The van der Waals surface area contributed by atoms with Gasteiger partial charge in [-0.2, -0.15) is 5.10 Å². The summed E-state index contributed by atoms with van der Waals surface area (Å²) in [7, 11) is 0. The lowest BCUT2D eigenvalue weighted by molar-refractivity contribution is 0.103. The molecule has 0 radical (unpaired) electrons. The quantitative estimate of drug-likeness (QED) is 0.398. The number of aromatic nitrogens is 2. The maximum atomic E-state index is 12.6. The molecular formula is C23H20ClN3O2S. The van der Waals surface area contributed by atoms with E-state index in [2.05, 4.69) is 29.5 Å². The summed E-state index contributed by atoms with van der Waals surface area (Å²) in [5.41, 5.74) is 3.99. The monoisotopic (exact) mass is 437 g/mol. The van der Waals surface area contributed by atoms with Crippen molar-refractivity contribution < 1.29 is 9.53 Å². The molecule has 1 N–H and O–H groups in total. The third kappa shape index (κ3) is 4.90. The van der Waals surface area contributed by atoms with Gasteiger partial charge in [-0.15, -0.1) is 11.3 Å². The first-order valence-corrected chi connectivity index (χ1v) is 10.7. The summed E-state index contributed by atoms with van der Waals surface area (Å²) in [5, 5.41) is 9.72. The van der Waals surface area contributed by atoms with E-state index >= 15 is 0 Å². The minimum atomic E-state index is -0.167. The Labute approximate surface area is 183 Å². The number of aryl methyl sites for hydroxylation is 1. The van der Waals surface area contributed by atoms with Crippen LogP contribution in [0.2, 0.25) is 5.02 Å². The molecule has 0 aliphatic carbocycles. The Morgan fingerprint density at radius 3 is 2.83 bits per heavy atom. The van der Waals surface area contributed by atoms with Crippen LogP contribution >= 0.6 is 22.9 Å². The number of ether oxygens (including phenoxy) is 1. The second-order valence-electron chi connectivity index (χ2n) is 6.85. The molecule has 0 saturated heterocycles. The van der Waals surface area contributed by atoms with Crippen molar-refractivity contribution in [1.82, 2.24) is 9.78 Å². The number of hydrogen-bond donors (Lipinski definition) is 1. The van der Waals surface area contributed by atoms with Crippen LogP contribution < -0.4 is 10.1 Å². The van der Waals surface area contributed by atoms with E-state index in [-0.39, 0.29) is 5.91 Å². The van der Waals surface area contributed by atoms with Crippen LogP contribution in [-0.4, -0.2) is 15.7 Å². The van der Waals surface area contributed by atoms with Gasteiger partial charge in [0.2, 0.25) is 0 Å². The lowest BCUT2D eigenvalue weighted by Gasteiger charge is -2.06. The standard InChI is InChI=1S/C23H20ClN3O2S/c1-16-6-2-3-7-18(16)12-27-13-19(11-25-27)26-23(28)22-10-17(15-30-22)14-29-21-9-5-4-8-20(21)24/h2-11,13,15H,12,14H2,1H3,(H,26,28). The fourth-order valence-electron chi connectivity index (χ4n) is 2.96. The van der Waals surface area contributed by atoms with Crippen LogP contribution in [0, 0.1) is 6.92 Å². The van der Waals surface area contributed by atoms with E-state index in [4.69, 9.17) is 16.3 Å². The van der Waals surface area contributed by atoms with E-state index in [0.29, 0.717) is 34.5 Å². The van der Waals surface area contributed by atoms with E-state index in [1.807, 2.05) is 52.7 Å². The number of carbonyl (C=O) groups excluding carboxylic acids is 1. The van der Waals surface area contributed by atoms with Gasteiger partial charge in [-0.25, -0.2) is 0 Å². The number of amides is 1. The molecule has 30 heavy (non-hydrogen) atoms. The summed E-state index contributed by atoms with van der Waals surface area (Å²) >= 11 is 7.48. The first-order valence-electron chi connectivity index (χ1n) is 9.41. The second kappa shape index (κ2) is 9.15. The zero-order valence-corrected chi connectivity index (χ0v) is 17.9. The summed E-state index contributed by atoms with van der Waals surface area (Å²) in [6, 6.07) is 17.3. The highest BCUT2D eigenvalue weighted by molar-refractivity contribution is 7.12. The van der Waals surface area contributed by atoms with Gasteiger partial charge in [-0.05, 0) is 41.6 Å². The highest BCUT2D eigenvalue weighted by Gasteiger charge is 2.12. The van der Waals surface area contributed by atoms with Gasteiger partial charge < -0.3 is 10.1 Å². The Hall–Kier alpha value is -3.09. The lowest BCUT2D eigenvalue weighted by Crippen LogP contribution is -2.09. The van der Waals surface area contributed by atoms with E-state index in [1.165, 1.54) is 22.5 Å². The molecule has 4 aromatic rings. The highest BCUT2D eigenvalue weighted by atomic mass is 35.5. The van der Waals surface area contributed by atoms with Crippen LogP contribution in [0.3, 0.4) is 0 Å². The molecule has 0 fully saturated rings. The van der Waals surface area contributed by atoms with Crippen LogP contribution in [0.15, 0.2) is 72.4 Å². The maximum Gasteiger partial charge on any atom is 0.265 e. The van der Waals surface area contributed by atoms with Crippen molar-refractivity contribution in [2.45, 2.75) is 20.1 Å². The van der Waals surface area contributed by atoms with E-state index in [0.717, 1.165) is 5.56 Å². The van der Waals surface area contributed by atoms with Gasteiger partial charge in [0, 0.05) is 11.8 Å². The van der Waals surface area contributed by atoms with Gasteiger partial charge in [-0.1, -0.05) is 48.0 Å². The van der Waals surface area contributed by atoms with Crippen molar-refractivity contribution in [3.8, 4) is 5.75 Å². The van der Waals surface area contributed by atoms with Crippen LogP contribution in [0.4, 0.5) is 5.69 Å². The second-order valence-corrected chi connectivity index (χ2v) is 8.16. The molecule has 1 amide bonds. The lowest BCUT2D eigenvalue weighted by atomic mass is 10.1. The van der Waals surface area contributed by atoms with Crippen LogP contribution in [0.25, 0.3) is 0 Å². The Morgan fingerprint density at radius 2 is 2.00 bits per heavy atom. The van der Waals surface area contributed by atoms with Gasteiger partial charge in [0.25, 0.3) is 5.91 Å². The maximum absolute atomic E-state index is 12.6. The predicted octanol–water partition coefficient (Wildman–Crippen LogP) is 5.79. The molecule has 4 rings (SSSR count). The molecule has 152 valence electrons. The molecule has 7 heteroatoms. The van der Waals surface area contributed by atoms with Gasteiger partial charge in [0.15, 0.2) is 0 Å². The summed E-state index contributed by atoms with van der Waals surface area (Å²) in [4.78, 5) is 13.2. The Balaban J connectivity index is 1.35. The number of carbonyl (C=O) groups is 1. The molecule has 0 aliphatic heterocycles. The molecule has 5 nitrogen and oxygen atoms in total. The smallest absolute Gasteiger partial charge is 0.265 e. The molecule has 0 unspecified atom stereocenters. The van der Waals surface area contributed by atoms with Crippen molar-refractivity contribution in [3.63, 3.8) is 0 Å². The van der Waals surface area contributed by atoms with Gasteiger partial charge in [-0.3, -0.25) is 9.48 Å². The Bertz CT molecular complexity index is 1170. The number of hydrogen-bond acceptors (Lipinski definition) is 4. The first-order chi connectivity index (χ1) is 14.6. The van der Waals surface area contributed by atoms with Crippen molar-refractivity contribution in [3.05, 3.63) is 99.0 Å². The largest absolute Gasteiger partial charge is 0.487 e. The van der Waals surface area contributed by atoms with Gasteiger partial charge >= 0.3 is 0 Å². The number of anilines is 1. The zero-order valence-electron chi connectivity index (χ0n) is 16.3. The topological polar surface area (TPSA) is 56.2 Å². The number of para-hydroxylation sites is 1. The molecule has 2 heterocycles. The summed E-state index contributed by atoms with van der Waals surface area (Å²) in [6.45, 7) is 3.08. The molecule has 0 aliphatic rings. The molecule has 0 saturated carbocycles. The van der Waals surface area contributed by atoms with Gasteiger partial charge in [0.05, 0.1) is 28.3 Å². The molecule has 0 atom stereocenters. The predicted molar refractivity (Wildman–Crippen MR) is 121 cm³/mol. The summed E-state index contributed by atoms with van der Waals surface area (Å²) in [6.07, 6.45) is 3.49. The minimum absolute atomic E-state index is 0.167. The minimum Gasteiger partial charge on any atom is -0.487 e. The van der Waals surface area contributed by atoms with Crippen molar-refractivity contribution in [2.24, 2.45) is 0 Å².